The van der Waals surface area contributed by atoms with E-state index in [4.69, 9.17) is 4.42 Å². The van der Waals surface area contributed by atoms with Crippen molar-refractivity contribution < 1.29 is 13.2 Å². The molecular weight excluding hydrogens is 333 g/mol. The first-order valence-corrected chi connectivity index (χ1v) is 15.2. The predicted octanol–water partition coefficient (Wildman–Crippen LogP) is 2.62. The molecule has 1 aromatic heterocycles. The van der Waals surface area contributed by atoms with Crippen molar-refractivity contribution in [2.24, 2.45) is 0 Å². The van der Waals surface area contributed by atoms with Crippen LogP contribution < -0.4 is 9.01 Å². The molecule has 2 nitrogen and oxygen atoms in total. The molecule has 2 aromatic rings. The molecule has 2 rings (SSSR count). The van der Waals surface area contributed by atoms with Crippen LogP contribution in [0.5, 0.6) is 0 Å². The standard InChI is InChI=1S/C9H3F2O2.3CH3.Sn/c10-6-2-1-5-7(12)3-4-13-9(5)8(6)11;;;;/h1-2,4H;3*1H3;. The summed E-state index contributed by atoms with van der Waals surface area (Å²) in [6, 6.07) is 2.23. The van der Waals surface area contributed by atoms with Crippen molar-refractivity contribution in [3.8, 4) is 0 Å². The zero-order chi connectivity index (χ0) is 12.8. The molecule has 0 aliphatic carbocycles. The Labute approximate surface area is 101 Å². The molecule has 0 fully saturated rings. The third kappa shape index (κ3) is 2.10. The normalized spacial score (nSPS) is 12.1. The van der Waals surface area contributed by atoms with Gasteiger partial charge in [0, 0.05) is 0 Å². The first-order chi connectivity index (χ1) is 7.82. The molecule has 0 unspecified atom stereocenters. The molecule has 1 heterocycles. The van der Waals surface area contributed by atoms with Gasteiger partial charge in [0.25, 0.3) is 0 Å². The van der Waals surface area contributed by atoms with E-state index in [1.165, 1.54) is 12.3 Å². The Morgan fingerprint density at radius 1 is 1.18 bits per heavy atom. The van der Waals surface area contributed by atoms with Crippen molar-refractivity contribution >= 4 is 32.9 Å². The fourth-order valence-electron chi connectivity index (χ4n) is 1.66. The van der Waals surface area contributed by atoms with Crippen molar-refractivity contribution in [2.75, 3.05) is 0 Å². The molecular formula is C12H12F2O2Sn. The topological polar surface area (TPSA) is 30.2 Å². The van der Waals surface area contributed by atoms with Gasteiger partial charge in [0.1, 0.15) is 0 Å². The number of rotatable bonds is 1. The molecule has 0 radical (unpaired) electrons. The van der Waals surface area contributed by atoms with Crippen molar-refractivity contribution in [3.63, 3.8) is 0 Å². The molecule has 17 heavy (non-hydrogen) atoms. The molecule has 0 bridgehead atoms. The Morgan fingerprint density at radius 3 is 2.41 bits per heavy atom. The van der Waals surface area contributed by atoms with Gasteiger partial charge >= 0.3 is 101 Å². The second kappa shape index (κ2) is 4.08. The van der Waals surface area contributed by atoms with E-state index in [-0.39, 0.29) is 16.4 Å². The number of benzene rings is 1. The molecule has 0 N–H and O–H groups in total. The summed E-state index contributed by atoms with van der Waals surface area (Å²) < 4.78 is 32.2. The minimum absolute atomic E-state index is 0.119. The van der Waals surface area contributed by atoms with Crippen LogP contribution in [-0.4, -0.2) is 18.4 Å². The van der Waals surface area contributed by atoms with Gasteiger partial charge in [0.2, 0.25) is 0 Å². The number of fused-ring (bicyclic) bond motifs is 1. The molecule has 0 amide bonds. The van der Waals surface area contributed by atoms with E-state index in [9.17, 15) is 13.6 Å². The summed E-state index contributed by atoms with van der Waals surface area (Å²) in [6.07, 6.45) is 1.29. The summed E-state index contributed by atoms with van der Waals surface area (Å²) in [6.45, 7) is 0. The van der Waals surface area contributed by atoms with E-state index in [0.717, 1.165) is 6.07 Å². The zero-order valence-electron chi connectivity index (χ0n) is 9.80. The molecule has 1 aromatic carbocycles. The fraction of sp³-hybridized carbons (Fsp3) is 0.250. The van der Waals surface area contributed by atoms with Crippen LogP contribution in [0.15, 0.2) is 27.6 Å². The minimum atomic E-state index is -2.59. The van der Waals surface area contributed by atoms with Crippen LogP contribution in [0.3, 0.4) is 0 Å². The van der Waals surface area contributed by atoms with E-state index < -0.39 is 30.0 Å². The Morgan fingerprint density at radius 2 is 1.82 bits per heavy atom. The number of hydrogen-bond donors (Lipinski definition) is 0. The van der Waals surface area contributed by atoms with Gasteiger partial charge in [-0.05, 0) is 0 Å². The average Bonchev–Trinajstić information content (AvgIpc) is 2.22. The van der Waals surface area contributed by atoms with Gasteiger partial charge in [0.05, 0.1) is 0 Å². The van der Waals surface area contributed by atoms with Crippen LogP contribution in [0.1, 0.15) is 0 Å². The molecule has 5 heteroatoms. The van der Waals surface area contributed by atoms with Gasteiger partial charge in [-0.3, -0.25) is 0 Å². The fourth-order valence-corrected chi connectivity index (χ4v) is 5.17. The Hall–Kier alpha value is -0.911. The van der Waals surface area contributed by atoms with E-state index in [2.05, 4.69) is 14.8 Å². The summed E-state index contributed by atoms with van der Waals surface area (Å²) >= 11 is -2.59. The van der Waals surface area contributed by atoms with Gasteiger partial charge in [0.15, 0.2) is 0 Å². The van der Waals surface area contributed by atoms with Crippen molar-refractivity contribution in [1.82, 2.24) is 0 Å². The van der Waals surface area contributed by atoms with E-state index in [0.29, 0.717) is 3.58 Å². The second-order valence-corrected chi connectivity index (χ2v) is 19.3. The molecule has 0 saturated carbocycles. The summed E-state index contributed by atoms with van der Waals surface area (Å²) in [4.78, 5) is 18.3. The molecule has 0 saturated heterocycles. The van der Waals surface area contributed by atoms with Gasteiger partial charge in [-0.1, -0.05) is 0 Å². The average molecular weight is 345 g/mol. The quantitative estimate of drug-likeness (QED) is 0.744. The van der Waals surface area contributed by atoms with Crippen LogP contribution in [0.25, 0.3) is 11.0 Å². The first kappa shape index (κ1) is 12.5. The zero-order valence-corrected chi connectivity index (χ0v) is 12.7. The van der Waals surface area contributed by atoms with Gasteiger partial charge in [-0.15, -0.1) is 0 Å². The van der Waals surface area contributed by atoms with Crippen LogP contribution in [0.2, 0.25) is 14.8 Å². The van der Waals surface area contributed by atoms with Gasteiger partial charge in [-0.2, -0.15) is 0 Å². The Kier molecular flexibility index (Phi) is 3.01. The Bertz CT molecular complexity index is 641. The van der Waals surface area contributed by atoms with E-state index in [1.807, 2.05) is 0 Å². The predicted molar refractivity (Wildman–Crippen MR) is 65.4 cm³/mol. The summed E-state index contributed by atoms with van der Waals surface area (Å²) in [5.74, 6) is -2.11. The first-order valence-electron chi connectivity index (χ1n) is 5.22. The monoisotopic (exact) mass is 346 g/mol. The van der Waals surface area contributed by atoms with Crippen molar-refractivity contribution in [1.29, 1.82) is 0 Å². The van der Waals surface area contributed by atoms with Gasteiger partial charge < -0.3 is 0 Å². The van der Waals surface area contributed by atoms with Crippen LogP contribution in [-0.2, 0) is 0 Å². The maximum atomic E-state index is 13.4. The van der Waals surface area contributed by atoms with Crippen molar-refractivity contribution in [3.05, 3.63) is 40.3 Å². The van der Waals surface area contributed by atoms with E-state index in [1.54, 1.807) is 0 Å². The van der Waals surface area contributed by atoms with Crippen LogP contribution >= 0.6 is 0 Å². The molecule has 0 spiro atoms. The number of halogens is 2. The van der Waals surface area contributed by atoms with Gasteiger partial charge in [-0.25, -0.2) is 0 Å². The molecule has 90 valence electrons. The maximum absolute atomic E-state index is 13.4. The molecule has 0 aliphatic heterocycles. The van der Waals surface area contributed by atoms with Crippen LogP contribution in [0.4, 0.5) is 8.78 Å². The molecule has 0 atom stereocenters. The summed E-state index contributed by atoms with van der Waals surface area (Å²) in [5.41, 5.74) is -0.525. The summed E-state index contributed by atoms with van der Waals surface area (Å²) in [7, 11) is 0. The third-order valence-electron chi connectivity index (χ3n) is 2.64. The Balaban J connectivity index is 2.88. The van der Waals surface area contributed by atoms with E-state index >= 15 is 0 Å². The second-order valence-electron chi connectivity index (χ2n) is 4.97. The summed E-state index contributed by atoms with van der Waals surface area (Å²) in [5, 5.41) is 0.119. The molecule has 0 aliphatic rings. The number of hydrogen-bond acceptors (Lipinski definition) is 2. The van der Waals surface area contributed by atoms with Crippen LogP contribution in [0, 0.1) is 11.6 Å². The van der Waals surface area contributed by atoms with Crippen molar-refractivity contribution in [2.45, 2.75) is 14.8 Å². The SMILES string of the molecule is [CH3][Sn]([CH3])([CH3])[c]1coc2c(F)c(F)ccc2c1=O. The third-order valence-corrected chi connectivity index (χ3v) is 8.24.